The Morgan fingerprint density at radius 3 is 2.42 bits per heavy atom. The average Bonchev–Trinajstić information content (AvgIpc) is 2.63. The Morgan fingerprint density at radius 2 is 1.81 bits per heavy atom. The molecule has 2 heterocycles. The fraction of sp³-hybridized carbons (Fsp3) is 0.632. The smallest absolute Gasteiger partial charge is 0.270 e. The highest BCUT2D eigenvalue weighted by atomic mass is 16.6. The van der Waals surface area contributed by atoms with Gasteiger partial charge in [0.2, 0.25) is 0 Å². The standard InChI is InChI=1S/C19H28N4O3/c1-14-5-11-22(12-6-14)18-4-3-16(23(25)26)13-17(18)19(24)20-15-7-9-21(2)10-8-15/h3-4,13-15H,5-12H2,1-2H3,(H,20,24). The van der Waals surface area contributed by atoms with Crippen LogP contribution >= 0.6 is 0 Å². The first kappa shape index (κ1) is 18.6. The van der Waals surface area contributed by atoms with E-state index in [2.05, 4.69) is 29.1 Å². The summed E-state index contributed by atoms with van der Waals surface area (Å²) < 4.78 is 0. The molecule has 0 unspecified atom stereocenters. The van der Waals surface area contributed by atoms with Gasteiger partial charge in [0.25, 0.3) is 11.6 Å². The van der Waals surface area contributed by atoms with Crippen molar-refractivity contribution in [3.05, 3.63) is 33.9 Å². The summed E-state index contributed by atoms with van der Waals surface area (Å²) >= 11 is 0. The molecule has 2 aliphatic heterocycles. The Hall–Kier alpha value is -2.15. The molecular formula is C19H28N4O3. The summed E-state index contributed by atoms with van der Waals surface area (Å²) in [7, 11) is 2.08. The van der Waals surface area contributed by atoms with Gasteiger partial charge in [0, 0.05) is 31.3 Å². The maximum absolute atomic E-state index is 12.9. The summed E-state index contributed by atoms with van der Waals surface area (Å²) in [5, 5.41) is 14.3. The second kappa shape index (κ2) is 8.03. The fourth-order valence-corrected chi connectivity index (χ4v) is 3.76. The van der Waals surface area contributed by atoms with Crippen LogP contribution in [-0.2, 0) is 0 Å². The average molecular weight is 360 g/mol. The molecule has 0 aromatic heterocycles. The fourth-order valence-electron chi connectivity index (χ4n) is 3.76. The van der Waals surface area contributed by atoms with Crippen molar-refractivity contribution < 1.29 is 9.72 Å². The Bertz CT molecular complexity index is 663. The van der Waals surface area contributed by atoms with Gasteiger partial charge in [-0.1, -0.05) is 6.92 Å². The molecule has 2 aliphatic rings. The number of nitro groups is 1. The molecular weight excluding hydrogens is 332 g/mol. The number of likely N-dealkylation sites (tertiary alicyclic amines) is 1. The van der Waals surface area contributed by atoms with Crippen LogP contribution in [0.25, 0.3) is 0 Å². The highest BCUT2D eigenvalue weighted by Crippen LogP contribution is 2.29. The molecule has 26 heavy (non-hydrogen) atoms. The number of benzene rings is 1. The van der Waals surface area contributed by atoms with E-state index in [4.69, 9.17) is 0 Å². The third kappa shape index (κ3) is 4.33. The minimum atomic E-state index is -0.436. The summed E-state index contributed by atoms with van der Waals surface area (Å²) in [6, 6.07) is 4.79. The number of amides is 1. The Kier molecular flexibility index (Phi) is 5.76. The summed E-state index contributed by atoms with van der Waals surface area (Å²) in [5.74, 6) is 0.484. The Morgan fingerprint density at radius 1 is 1.15 bits per heavy atom. The SMILES string of the molecule is CC1CCN(c2ccc([N+](=O)[O-])cc2C(=O)NC2CCN(C)CC2)CC1. The van der Waals surface area contributed by atoms with Crippen molar-refractivity contribution in [1.29, 1.82) is 0 Å². The van der Waals surface area contributed by atoms with E-state index in [1.165, 1.54) is 12.1 Å². The van der Waals surface area contributed by atoms with Crippen molar-refractivity contribution in [3.8, 4) is 0 Å². The maximum atomic E-state index is 12.9. The summed E-state index contributed by atoms with van der Waals surface area (Å²) in [5.41, 5.74) is 1.20. The first-order valence-corrected chi connectivity index (χ1v) is 9.47. The molecule has 3 rings (SSSR count). The molecule has 0 saturated carbocycles. The topological polar surface area (TPSA) is 78.7 Å². The van der Waals surface area contributed by atoms with Gasteiger partial charge in [0.1, 0.15) is 0 Å². The number of carbonyl (C=O) groups is 1. The van der Waals surface area contributed by atoms with Gasteiger partial charge in [-0.25, -0.2) is 0 Å². The first-order valence-electron chi connectivity index (χ1n) is 9.47. The van der Waals surface area contributed by atoms with Crippen LogP contribution in [0.3, 0.4) is 0 Å². The van der Waals surface area contributed by atoms with E-state index in [0.29, 0.717) is 11.5 Å². The van der Waals surface area contributed by atoms with Crippen molar-refractivity contribution in [1.82, 2.24) is 10.2 Å². The number of hydrogen-bond donors (Lipinski definition) is 1. The van der Waals surface area contributed by atoms with E-state index in [-0.39, 0.29) is 17.6 Å². The Balaban J connectivity index is 1.81. The summed E-state index contributed by atoms with van der Waals surface area (Å²) in [6.07, 6.45) is 3.97. The number of non-ortho nitro benzene ring substituents is 1. The first-order chi connectivity index (χ1) is 12.4. The highest BCUT2D eigenvalue weighted by molar-refractivity contribution is 6.00. The summed E-state index contributed by atoms with van der Waals surface area (Å²) in [6.45, 7) is 5.91. The van der Waals surface area contributed by atoms with E-state index < -0.39 is 4.92 Å². The van der Waals surface area contributed by atoms with Gasteiger partial charge in [-0.05, 0) is 57.8 Å². The lowest BCUT2D eigenvalue weighted by atomic mass is 9.97. The van der Waals surface area contributed by atoms with Crippen LogP contribution in [0.2, 0.25) is 0 Å². The predicted octanol–water partition coefficient (Wildman–Crippen LogP) is 2.66. The quantitative estimate of drug-likeness (QED) is 0.660. The lowest BCUT2D eigenvalue weighted by molar-refractivity contribution is -0.384. The molecule has 0 aliphatic carbocycles. The minimum Gasteiger partial charge on any atom is -0.371 e. The molecule has 1 N–H and O–H groups in total. The van der Waals surface area contributed by atoms with Crippen molar-refractivity contribution >= 4 is 17.3 Å². The zero-order valence-electron chi connectivity index (χ0n) is 15.6. The predicted molar refractivity (Wildman–Crippen MR) is 102 cm³/mol. The molecule has 2 saturated heterocycles. The van der Waals surface area contributed by atoms with E-state index >= 15 is 0 Å². The molecule has 142 valence electrons. The molecule has 1 aromatic carbocycles. The number of hydrogen-bond acceptors (Lipinski definition) is 5. The van der Waals surface area contributed by atoms with Crippen molar-refractivity contribution in [2.75, 3.05) is 38.1 Å². The van der Waals surface area contributed by atoms with Gasteiger partial charge in [-0.3, -0.25) is 14.9 Å². The number of nitro benzene ring substituents is 1. The van der Waals surface area contributed by atoms with Crippen LogP contribution in [-0.4, -0.2) is 55.0 Å². The van der Waals surface area contributed by atoms with Crippen LogP contribution in [0.5, 0.6) is 0 Å². The lowest BCUT2D eigenvalue weighted by Crippen LogP contribution is -2.44. The number of rotatable bonds is 4. The van der Waals surface area contributed by atoms with Crippen LogP contribution in [0.1, 0.15) is 43.0 Å². The van der Waals surface area contributed by atoms with E-state index in [0.717, 1.165) is 57.5 Å². The van der Waals surface area contributed by atoms with E-state index in [1.807, 2.05) is 0 Å². The molecule has 7 heteroatoms. The molecule has 1 amide bonds. The van der Waals surface area contributed by atoms with Gasteiger partial charge in [-0.2, -0.15) is 0 Å². The largest absolute Gasteiger partial charge is 0.371 e. The van der Waals surface area contributed by atoms with Crippen LogP contribution in [0.15, 0.2) is 18.2 Å². The van der Waals surface area contributed by atoms with Crippen molar-refractivity contribution in [2.45, 2.75) is 38.6 Å². The number of nitrogens with zero attached hydrogens (tertiary/aromatic N) is 3. The van der Waals surface area contributed by atoms with Gasteiger partial charge in [0.05, 0.1) is 16.2 Å². The third-order valence-electron chi connectivity index (χ3n) is 5.61. The maximum Gasteiger partial charge on any atom is 0.270 e. The highest BCUT2D eigenvalue weighted by Gasteiger charge is 2.25. The number of carbonyl (C=O) groups excluding carboxylic acids is 1. The lowest BCUT2D eigenvalue weighted by Gasteiger charge is -2.34. The number of piperidine rings is 2. The van der Waals surface area contributed by atoms with Gasteiger partial charge < -0.3 is 15.1 Å². The molecule has 1 aromatic rings. The minimum absolute atomic E-state index is 0.0346. The van der Waals surface area contributed by atoms with Gasteiger partial charge >= 0.3 is 0 Å². The second-order valence-electron chi connectivity index (χ2n) is 7.68. The zero-order valence-corrected chi connectivity index (χ0v) is 15.6. The molecule has 0 radical (unpaired) electrons. The molecule has 2 fully saturated rings. The molecule has 0 spiro atoms. The molecule has 0 bridgehead atoms. The van der Waals surface area contributed by atoms with E-state index in [9.17, 15) is 14.9 Å². The number of nitrogens with one attached hydrogen (secondary N) is 1. The van der Waals surface area contributed by atoms with Gasteiger partial charge in [0.15, 0.2) is 0 Å². The third-order valence-corrected chi connectivity index (χ3v) is 5.61. The zero-order chi connectivity index (χ0) is 18.7. The molecule has 0 atom stereocenters. The van der Waals surface area contributed by atoms with Crippen LogP contribution < -0.4 is 10.2 Å². The van der Waals surface area contributed by atoms with Crippen molar-refractivity contribution in [3.63, 3.8) is 0 Å². The monoisotopic (exact) mass is 360 g/mol. The second-order valence-corrected chi connectivity index (χ2v) is 7.68. The van der Waals surface area contributed by atoms with Crippen LogP contribution in [0.4, 0.5) is 11.4 Å². The molecule has 7 nitrogen and oxygen atoms in total. The van der Waals surface area contributed by atoms with Crippen molar-refractivity contribution in [2.24, 2.45) is 5.92 Å². The van der Waals surface area contributed by atoms with Crippen LogP contribution in [0, 0.1) is 16.0 Å². The normalized spacial score (nSPS) is 20.2. The summed E-state index contributed by atoms with van der Waals surface area (Å²) in [4.78, 5) is 28.1. The van der Waals surface area contributed by atoms with Gasteiger partial charge in [-0.15, -0.1) is 0 Å². The van der Waals surface area contributed by atoms with E-state index in [1.54, 1.807) is 6.07 Å². The number of anilines is 1. The Labute approximate surface area is 154 Å².